The molecule has 0 amide bonds. The van der Waals surface area contributed by atoms with Crippen LogP contribution in [0.5, 0.6) is 0 Å². The number of fused-ring (bicyclic) bond motifs is 1. The zero-order valence-electron chi connectivity index (χ0n) is 22.1. The Morgan fingerprint density at radius 2 is 1.95 bits per heavy atom. The summed E-state index contributed by atoms with van der Waals surface area (Å²) >= 11 is 0. The standard InChI is InChI=1S/C29H31N5O3S/c1-17(2)22-10-9-20(33-29(22)30-4)15-21-16-25(28-24(32-21)13-18(3)31-28)34-23-11-8-19(26-7-6-12-37-26)14-27(23)38(5,35)36/h8-11,14,16-17,26H,6-7,12-13,15H2,1-3,5H3,(H,32,34)/t26-/m1/s1. The second-order valence-electron chi connectivity index (χ2n) is 10.3. The molecule has 1 fully saturated rings. The minimum absolute atomic E-state index is 0.0801. The van der Waals surface area contributed by atoms with Crippen LogP contribution < -0.4 is 5.32 Å². The number of nitrogens with one attached hydrogen (secondary N) is 1. The van der Waals surface area contributed by atoms with Gasteiger partial charge in [-0.05, 0) is 61.1 Å². The molecule has 3 aromatic rings. The van der Waals surface area contributed by atoms with Gasteiger partial charge in [-0.25, -0.2) is 8.42 Å². The lowest BCUT2D eigenvalue weighted by molar-refractivity contribution is 0.112. The molecule has 1 N–H and O–H groups in total. The van der Waals surface area contributed by atoms with Gasteiger partial charge in [-0.2, -0.15) is 0 Å². The SMILES string of the molecule is [C-]#[N+]c1nc(Cc2cc(Nc3ccc([C@H]4CCCO4)cc3S(C)(=O)=O)c3c(n2)CC(C)=N3)ccc1C(C)C. The summed E-state index contributed by atoms with van der Waals surface area (Å²) in [5, 5.41) is 3.35. The molecule has 9 heteroatoms. The molecule has 0 aliphatic carbocycles. The van der Waals surface area contributed by atoms with Gasteiger partial charge >= 0.3 is 0 Å². The Balaban J connectivity index is 1.52. The molecule has 196 valence electrons. The third-order valence-electron chi connectivity index (χ3n) is 6.87. The van der Waals surface area contributed by atoms with E-state index in [4.69, 9.17) is 21.3 Å². The van der Waals surface area contributed by atoms with E-state index in [2.05, 4.69) is 15.1 Å². The molecule has 4 heterocycles. The fourth-order valence-corrected chi connectivity index (χ4v) is 5.88. The molecule has 1 atom stereocenters. The number of hydrogen-bond acceptors (Lipinski definition) is 7. The van der Waals surface area contributed by atoms with Gasteiger partial charge in [-0.15, -0.1) is 4.98 Å². The largest absolute Gasteiger partial charge is 0.374 e. The van der Waals surface area contributed by atoms with Crippen LogP contribution in [0.4, 0.5) is 22.9 Å². The molecule has 1 saturated heterocycles. The van der Waals surface area contributed by atoms with Crippen molar-refractivity contribution < 1.29 is 13.2 Å². The smallest absolute Gasteiger partial charge is 0.273 e. The first kappa shape index (κ1) is 26.0. The van der Waals surface area contributed by atoms with E-state index >= 15 is 0 Å². The van der Waals surface area contributed by atoms with Crippen molar-refractivity contribution >= 4 is 38.4 Å². The van der Waals surface area contributed by atoms with Crippen LogP contribution in [0.25, 0.3) is 4.85 Å². The number of aromatic nitrogens is 2. The molecule has 8 nitrogen and oxygen atoms in total. The van der Waals surface area contributed by atoms with Gasteiger partial charge in [0.2, 0.25) is 0 Å². The highest BCUT2D eigenvalue weighted by atomic mass is 32.2. The third kappa shape index (κ3) is 5.33. The van der Waals surface area contributed by atoms with Crippen molar-refractivity contribution in [3.63, 3.8) is 0 Å². The maximum atomic E-state index is 12.8. The van der Waals surface area contributed by atoms with E-state index in [1.165, 1.54) is 6.26 Å². The Bertz CT molecular complexity index is 1580. The summed E-state index contributed by atoms with van der Waals surface area (Å²) in [5.74, 6) is 0.630. The Kier molecular flexibility index (Phi) is 7.03. The first-order valence-corrected chi connectivity index (χ1v) is 14.7. The summed E-state index contributed by atoms with van der Waals surface area (Å²) < 4.78 is 31.4. The van der Waals surface area contributed by atoms with Crippen LogP contribution in [-0.4, -0.2) is 37.0 Å². The normalized spacial score (nSPS) is 16.8. The molecular weight excluding hydrogens is 498 g/mol. The van der Waals surface area contributed by atoms with Crippen LogP contribution in [0.1, 0.15) is 73.8 Å². The molecule has 5 rings (SSSR count). The van der Waals surface area contributed by atoms with E-state index < -0.39 is 9.84 Å². The number of benzene rings is 1. The molecule has 2 aromatic heterocycles. The average molecular weight is 530 g/mol. The Hall–Kier alpha value is -3.61. The van der Waals surface area contributed by atoms with Crippen LogP contribution in [0, 0.1) is 6.57 Å². The Labute approximate surface area is 224 Å². The lowest BCUT2D eigenvalue weighted by atomic mass is 10.0. The zero-order chi connectivity index (χ0) is 27.0. The lowest BCUT2D eigenvalue weighted by Crippen LogP contribution is -2.07. The number of nitrogens with zero attached hydrogens (tertiary/aromatic N) is 4. The molecule has 0 spiro atoms. The van der Waals surface area contributed by atoms with Crippen LogP contribution in [0.15, 0.2) is 46.3 Å². The number of rotatable bonds is 7. The quantitative estimate of drug-likeness (QED) is 0.356. The predicted octanol–water partition coefficient (Wildman–Crippen LogP) is 6.39. The molecule has 2 aliphatic heterocycles. The molecule has 1 aromatic carbocycles. The van der Waals surface area contributed by atoms with Gasteiger partial charge < -0.3 is 14.9 Å². The maximum absolute atomic E-state index is 12.8. The number of anilines is 2. The molecule has 0 radical (unpaired) electrons. The van der Waals surface area contributed by atoms with E-state index in [9.17, 15) is 8.42 Å². The van der Waals surface area contributed by atoms with Crippen molar-refractivity contribution in [1.29, 1.82) is 0 Å². The second kappa shape index (κ2) is 10.3. The van der Waals surface area contributed by atoms with E-state index in [1.807, 2.05) is 45.0 Å². The van der Waals surface area contributed by atoms with Crippen LogP contribution in [0.2, 0.25) is 0 Å². The van der Waals surface area contributed by atoms with Crippen molar-refractivity contribution in [2.75, 3.05) is 18.2 Å². The zero-order valence-corrected chi connectivity index (χ0v) is 22.9. The maximum Gasteiger partial charge on any atom is 0.273 e. The van der Waals surface area contributed by atoms with E-state index in [0.29, 0.717) is 36.6 Å². The molecule has 38 heavy (non-hydrogen) atoms. The molecular formula is C29H31N5O3S. The number of pyridine rings is 2. The molecule has 2 aliphatic rings. The highest BCUT2D eigenvalue weighted by Crippen LogP contribution is 2.39. The minimum Gasteiger partial charge on any atom is -0.374 e. The van der Waals surface area contributed by atoms with Gasteiger partial charge in [0.25, 0.3) is 5.82 Å². The van der Waals surface area contributed by atoms with Gasteiger partial charge in [0, 0.05) is 25.0 Å². The predicted molar refractivity (Wildman–Crippen MR) is 149 cm³/mol. The Morgan fingerprint density at radius 3 is 2.63 bits per heavy atom. The number of aliphatic imine (C=N–C) groups is 1. The minimum atomic E-state index is -3.52. The summed E-state index contributed by atoms with van der Waals surface area (Å²) in [6, 6.07) is 11.3. The van der Waals surface area contributed by atoms with Gasteiger partial charge in [-0.1, -0.05) is 32.6 Å². The third-order valence-corrected chi connectivity index (χ3v) is 8.01. The molecule has 0 saturated carbocycles. The number of sulfone groups is 1. The fourth-order valence-electron chi connectivity index (χ4n) is 5.01. The fraction of sp³-hybridized carbons (Fsp3) is 0.379. The van der Waals surface area contributed by atoms with Crippen LogP contribution >= 0.6 is 0 Å². The highest BCUT2D eigenvalue weighted by molar-refractivity contribution is 7.90. The first-order chi connectivity index (χ1) is 18.1. The van der Waals surface area contributed by atoms with Gasteiger partial charge in [0.1, 0.15) is 11.4 Å². The Morgan fingerprint density at radius 1 is 1.13 bits per heavy atom. The summed E-state index contributed by atoms with van der Waals surface area (Å²) in [6.07, 6.45) is 4.06. The second-order valence-corrected chi connectivity index (χ2v) is 12.3. The average Bonchev–Trinajstić information content (AvgIpc) is 3.53. The number of hydrogen-bond donors (Lipinski definition) is 1. The molecule has 0 bridgehead atoms. The summed E-state index contributed by atoms with van der Waals surface area (Å²) in [5.41, 5.74) is 7.01. The van der Waals surface area contributed by atoms with E-state index in [-0.39, 0.29) is 16.9 Å². The summed E-state index contributed by atoms with van der Waals surface area (Å²) in [7, 11) is -3.52. The number of ether oxygens (including phenoxy) is 1. The van der Waals surface area contributed by atoms with Gasteiger partial charge in [0.15, 0.2) is 9.84 Å². The summed E-state index contributed by atoms with van der Waals surface area (Å²) in [6.45, 7) is 14.3. The van der Waals surface area contributed by atoms with Crippen molar-refractivity contribution in [2.24, 2.45) is 4.99 Å². The monoisotopic (exact) mass is 529 g/mol. The lowest BCUT2D eigenvalue weighted by Gasteiger charge is -2.17. The summed E-state index contributed by atoms with van der Waals surface area (Å²) in [4.78, 5) is 18.0. The van der Waals surface area contributed by atoms with Crippen LogP contribution in [-0.2, 0) is 27.4 Å². The van der Waals surface area contributed by atoms with Crippen molar-refractivity contribution in [2.45, 2.75) is 63.4 Å². The van der Waals surface area contributed by atoms with Crippen molar-refractivity contribution in [1.82, 2.24) is 9.97 Å². The van der Waals surface area contributed by atoms with Crippen molar-refractivity contribution in [3.05, 3.63) is 76.0 Å². The van der Waals surface area contributed by atoms with Crippen molar-refractivity contribution in [3.8, 4) is 0 Å². The molecule has 0 unspecified atom stereocenters. The highest BCUT2D eigenvalue weighted by Gasteiger charge is 2.24. The topological polar surface area (TPSA) is 97.9 Å². The van der Waals surface area contributed by atoms with Gasteiger partial charge in [0.05, 0.1) is 40.2 Å². The van der Waals surface area contributed by atoms with E-state index in [1.54, 1.807) is 12.1 Å². The van der Waals surface area contributed by atoms with Crippen LogP contribution in [0.3, 0.4) is 0 Å². The van der Waals surface area contributed by atoms with Gasteiger partial charge in [-0.3, -0.25) is 9.98 Å². The first-order valence-electron chi connectivity index (χ1n) is 12.8. The van der Waals surface area contributed by atoms with E-state index in [0.717, 1.165) is 52.4 Å².